The molecule has 1 aromatic heterocycles. The molecule has 0 aliphatic carbocycles. The summed E-state index contributed by atoms with van der Waals surface area (Å²) in [6.07, 6.45) is 4.07. The average Bonchev–Trinajstić information content (AvgIpc) is 2.38. The van der Waals surface area contributed by atoms with Gasteiger partial charge in [0.15, 0.2) is 5.82 Å². The van der Waals surface area contributed by atoms with E-state index in [1.54, 1.807) is 6.20 Å². The number of hydrogen-bond donors (Lipinski definition) is 0. The lowest BCUT2D eigenvalue weighted by molar-refractivity contribution is 0.855. The van der Waals surface area contributed by atoms with E-state index in [1.807, 2.05) is 24.1 Å². The standard InChI is InChI=1S/C13H13BrClN3/c1-18(13-12(15)8-16-9-17-13)7-6-10-2-4-11(14)5-3-10/h2-5,8-9H,6-7H2,1H3. The Hall–Kier alpha value is -1.13. The molecule has 0 amide bonds. The minimum Gasteiger partial charge on any atom is -0.358 e. The van der Waals surface area contributed by atoms with Crippen LogP contribution < -0.4 is 4.90 Å². The molecule has 0 saturated heterocycles. The van der Waals surface area contributed by atoms with Crippen molar-refractivity contribution in [2.24, 2.45) is 0 Å². The molecule has 5 heteroatoms. The van der Waals surface area contributed by atoms with E-state index in [-0.39, 0.29) is 0 Å². The van der Waals surface area contributed by atoms with Crippen LogP contribution in [0.1, 0.15) is 5.56 Å². The quantitative estimate of drug-likeness (QED) is 0.860. The predicted molar refractivity (Wildman–Crippen MR) is 78.2 cm³/mol. The van der Waals surface area contributed by atoms with Crippen molar-refractivity contribution < 1.29 is 0 Å². The summed E-state index contributed by atoms with van der Waals surface area (Å²) < 4.78 is 1.10. The molecular formula is C13H13BrClN3. The van der Waals surface area contributed by atoms with Crippen LogP contribution in [-0.2, 0) is 6.42 Å². The molecule has 0 saturated carbocycles. The molecule has 0 fully saturated rings. The molecule has 0 aliphatic heterocycles. The van der Waals surface area contributed by atoms with Gasteiger partial charge in [-0.05, 0) is 24.1 Å². The lowest BCUT2D eigenvalue weighted by atomic mass is 10.1. The SMILES string of the molecule is CN(CCc1ccc(Br)cc1)c1ncncc1Cl. The minimum absolute atomic E-state index is 0.579. The number of hydrogen-bond acceptors (Lipinski definition) is 3. The first-order valence-electron chi connectivity index (χ1n) is 5.58. The van der Waals surface area contributed by atoms with Gasteiger partial charge in [0.05, 0.1) is 6.20 Å². The first-order valence-corrected chi connectivity index (χ1v) is 6.75. The Bertz CT molecular complexity index is 516. The zero-order chi connectivity index (χ0) is 13.0. The van der Waals surface area contributed by atoms with Crippen LogP contribution in [0, 0.1) is 0 Å². The van der Waals surface area contributed by atoms with Crippen molar-refractivity contribution in [2.45, 2.75) is 6.42 Å². The Morgan fingerprint density at radius 1 is 1.28 bits per heavy atom. The van der Waals surface area contributed by atoms with E-state index in [9.17, 15) is 0 Å². The van der Waals surface area contributed by atoms with Gasteiger partial charge in [0, 0.05) is 18.1 Å². The van der Waals surface area contributed by atoms with Crippen molar-refractivity contribution >= 4 is 33.3 Å². The van der Waals surface area contributed by atoms with Crippen LogP contribution >= 0.6 is 27.5 Å². The fourth-order valence-electron chi connectivity index (χ4n) is 1.64. The minimum atomic E-state index is 0.579. The normalized spacial score (nSPS) is 10.4. The van der Waals surface area contributed by atoms with E-state index in [2.05, 4.69) is 38.0 Å². The second kappa shape index (κ2) is 6.16. The number of benzene rings is 1. The first kappa shape index (κ1) is 13.3. The van der Waals surface area contributed by atoms with Crippen molar-refractivity contribution in [1.82, 2.24) is 9.97 Å². The molecule has 0 aliphatic rings. The predicted octanol–water partition coefficient (Wildman–Crippen LogP) is 3.57. The molecule has 0 unspecified atom stereocenters. The fourth-order valence-corrected chi connectivity index (χ4v) is 2.15. The summed E-state index contributed by atoms with van der Waals surface area (Å²) in [5, 5.41) is 0.579. The largest absolute Gasteiger partial charge is 0.358 e. The summed E-state index contributed by atoms with van der Waals surface area (Å²) in [5.41, 5.74) is 1.29. The summed E-state index contributed by atoms with van der Waals surface area (Å²) in [7, 11) is 1.98. The van der Waals surface area contributed by atoms with E-state index >= 15 is 0 Å². The highest BCUT2D eigenvalue weighted by Gasteiger charge is 2.07. The van der Waals surface area contributed by atoms with Gasteiger partial charge in [-0.1, -0.05) is 39.7 Å². The number of aromatic nitrogens is 2. The number of nitrogens with zero attached hydrogens (tertiary/aromatic N) is 3. The van der Waals surface area contributed by atoms with Crippen LogP contribution in [0.25, 0.3) is 0 Å². The van der Waals surface area contributed by atoms with Crippen molar-refractivity contribution in [2.75, 3.05) is 18.5 Å². The zero-order valence-corrected chi connectivity index (χ0v) is 12.3. The second-order valence-electron chi connectivity index (χ2n) is 3.99. The highest BCUT2D eigenvalue weighted by molar-refractivity contribution is 9.10. The van der Waals surface area contributed by atoms with Gasteiger partial charge in [-0.15, -0.1) is 0 Å². The van der Waals surface area contributed by atoms with Crippen molar-refractivity contribution in [1.29, 1.82) is 0 Å². The van der Waals surface area contributed by atoms with Crippen molar-refractivity contribution in [3.8, 4) is 0 Å². The Kier molecular flexibility index (Phi) is 4.55. The molecule has 1 aromatic carbocycles. The van der Waals surface area contributed by atoms with Crippen LogP contribution in [0.5, 0.6) is 0 Å². The van der Waals surface area contributed by atoms with E-state index in [0.29, 0.717) is 5.02 Å². The van der Waals surface area contributed by atoms with Crippen LogP contribution in [0.4, 0.5) is 5.82 Å². The summed E-state index contributed by atoms with van der Waals surface area (Å²) in [5.74, 6) is 0.767. The highest BCUT2D eigenvalue weighted by Crippen LogP contribution is 2.20. The maximum absolute atomic E-state index is 6.05. The van der Waals surface area contributed by atoms with Crippen molar-refractivity contribution in [3.05, 3.63) is 51.8 Å². The van der Waals surface area contributed by atoms with Crippen LogP contribution in [0.3, 0.4) is 0 Å². The van der Waals surface area contributed by atoms with Crippen LogP contribution in [0.15, 0.2) is 41.3 Å². The molecule has 0 spiro atoms. The molecule has 1 heterocycles. The Morgan fingerprint density at radius 3 is 2.67 bits per heavy atom. The van der Waals surface area contributed by atoms with Gasteiger partial charge in [0.2, 0.25) is 0 Å². The van der Waals surface area contributed by atoms with Gasteiger partial charge in [0.1, 0.15) is 11.3 Å². The first-order chi connectivity index (χ1) is 8.66. The summed E-state index contributed by atoms with van der Waals surface area (Å²) >= 11 is 9.48. The van der Waals surface area contributed by atoms with Gasteiger partial charge >= 0.3 is 0 Å². The molecular weight excluding hydrogens is 314 g/mol. The molecule has 3 nitrogen and oxygen atoms in total. The topological polar surface area (TPSA) is 29.0 Å². The van der Waals surface area contributed by atoms with E-state index in [0.717, 1.165) is 23.3 Å². The van der Waals surface area contributed by atoms with Crippen molar-refractivity contribution in [3.63, 3.8) is 0 Å². The lowest BCUT2D eigenvalue weighted by Crippen LogP contribution is -2.21. The maximum Gasteiger partial charge on any atom is 0.150 e. The van der Waals surface area contributed by atoms with E-state index in [1.165, 1.54) is 11.9 Å². The zero-order valence-electron chi connectivity index (χ0n) is 9.98. The summed E-state index contributed by atoms with van der Waals surface area (Å²) in [4.78, 5) is 10.1. The molecule has 18 heavy (non-hydrogen) atoms. The second-order valence-corrected chi connectivity index (χ2v) is 5.32. The third kappa shape index (κ3) is 3.43. The lowest BCUT2D eigenvalue weighted by Gasteiger charge is -2.18. The average molecular weight is 327 g/mol. The third-order valence-electron chi connectivity index (χ3n) is 2.66. The van der Waals surface area contributed by atoms with Gasteiger partial charge < -0.3 is 4.90 Å². The molecule has 0 atom stereocenters. The van der Waals surface area contributed by atoms with Gasteiger partial charge in [-0.2, -0.15) is 0 Å². The molecule has 0 bridgehead atoms. The van der Waals surface area contributed by atoms with Gasteiger partial charge in [0.25, 0.3) is 0 Å². The summed E-state index contributed by atoms with van der Waals surface area (Å²) in [6.45, 7) is 0.859. The Morgan fingerprint density at radius 2 is 2.00 bits per heavy atom. The fraction of sp³-hybridized carbons (Fsp3) is 0.231. The van der Waals surface area contributed by atoms with E-state index < -0.39 is 0 Å². The molecule has 94 valence electrons. The Balaban J connectivity index is 1.98. The molecule has 2 aromatic rings. The number of anilines is 1. The van der Waals surface area contributed by atoms with E-state index in [4.69, 9.17) is 11.6 Å². The van der Waals surface area contributed by atoms with Crippen LogP contribution in [0.2, 0.25) is 5.02 Å². The van der Waals surface area contributed by atoms with Gasteiger partial charge in [-0.25, -0.2) is 9.97 Å². The molecule has 0 radical (unpaired) electrons. The smallest absolute Gasteiger partial charge is 0.150 e. The number of rotatable bonds is 4. The number of likely N-dealkylation sites (N-methyl/N-ethyl adjacent to an activating group) is 1. The van der Waals surface area contributed by atoms with Crippen LogP contribution in [-0.4, -0.2) is 23.6 Å². The molecule has 0 N–H and O–H groups in total. The Labute approximate surface area is 120 Å². The highest BCUT2D eigenvalue weighted by atomic mass is 79.9. The number of halogens is 2. The monoisotopic (exact) mass is 325 g/mol. The summed E-state index contributed by atoms with van der Waals surface area (Å²) in [6, 6.07) is 8.32. The third-order valence-corrected chi connectivity index (χ3v) is 3.45. The van der Waals surface area contributed by atoms with Gasteiger partial charge in [-0.3, -0.25) is 0 Å². The molecule has 2 rings (SSSR count). The maximum atomic E-state index is 6.05.